The molecule has 1 heterocycles. The van der Waals surface area contributed by atoms with Gasteiger partial charge >= 0.3 is 5.97 Å². The van der Waals surface area contributed by atoms with Crippen LogP contribution in [-0.2, 0) is 16.1 Å². The Morgan fingerprint density at radius 3 is 2.71 bits per heavy atom. The second-order valence-electron chi connectivity index (χ2n) is 8.04. The normalized spacial score (nSPS) is 37.0. The fourth-order valence-electron chi connectivity index (χ4n) is 5.65. The monoisotopic (exact) mass is 361 g/mol. The molecule has 4 fully saturated rings. The third-order valence-electron chi connectivity index (χ3n) is 6.09. The Balaban J connectivity index is 1.33. The Bertz CT molecular complexity index is 770. The quantitative estimate of drug-likeness (QED) is 0.575. The van der Waals surface area contributed by atoms with E-state index in [1.807, 2.05) is 18.2 Å². The van der Waals surface area contributed by atoms with Crippen molar-refractivity contribution in [2.45, 2.75) is 50.0 Å². The van der Waals surface area contributed by atoms with Gasteiger partial charge in [0, 0.05) is 4.87 Å². The molecule has 2 aromatic rings. The predicted octanol–water partition coefficient (Wildman–Crippen LogP) is 4.92. The first-order chi connectivity index (χ1) is 11.5. The number of ether oxygens (including phenoxy) is 1. The van der Waals surface area contributed by atoms with Gasteiger partial charge in [-0.2, -0.15) is 0 Å². The molecule has 0 spiro atoms. The number of esters is 1. The lowest BCUT2D eigenvalue weighted by Gasteiger charge is -2.58. The van der Waals surface area contributed by atoms with E-state index in [-0.39, 0.29) is 22.9 Å². The summed E-state index contributed by atoms with van der Waals surface area (Å²) in [6.45, 7) is 0.282. The number of hydrogen-bond acceptors (Lipinski definition) is 4. The lowest BCUT2D eigenvalue weighted by atomic mass is 9.49. The number of aromatic nitrogens is 1. The third kappa shape index (κ3) is 2.38. The minimum absolute atomic E-state index is 0.0409. The van der Waals surface area contributed by atoms with Gasteiger partial charge in [0.05, 0.1) is 15.6 Å². The molecule has 0 unspecified atom stereocenters. The molecule has 4 saturated carbocycles. The van der Waals surface area contributed by atoms with E-state index in [0.29, 0.717) is 11.8 Å². The minimum atomic E-state index is -0.331. The van der Waals surface area contributed by atoms with Crippen molar-refractivity contribution in [1.29, 1.82) is 0 Å². The summed E-state index contributed by atoms with van der Waals surface area (Å²) in [6, 6.07) is 8.03. The van der Waals surface area contributed by atoms with Crippen LogP contribution in [0.15, 0.2) is 24.3 Å². The molecular formula is C19H20ClNO2S. The summed E-state index contributed by atoms with van der Waals surface area (Å²) in [7, 11) is 0. The molecule has 0 N–H and O–H groups in total. The van der Waals surface area contributed by atoms with Gasteiger partial charge in [-0.3, -0.25) is 4.79 Å². The number of thiazole rings is 1. The minimum Gasteiger partial charge on any atom is -0.458 e. The van der Waals surface area contributed by atoms with Gasteiger partial charge in [0.2, 0.25) is 0 Å². The maximum atomic E-state index is 12.9. The highest BCUT2D eigenvalue weighted by Gasteiger charge is 2.60. The molecule has 1 aromatic heterocycles. The van der Waals surface area contributed by atoms with E-state index in [4.69, 9.17) is 16.3 Å². The summed E-state index contributed by atoms with van der Waals surface area (Å²) < 4.78 is 6.87. The van der Waals surface area contributed by atoms with E-state index >= 15 is 0 Å². The second-order valence-corrected chi connectivity index (χ2v) is 9.96. The molecule has 126 valence electrons. The molecule has 0 amide bonds. The SMILES string of the molecule is O=C(OCc1nc2ccccc2s1)C12C[C@H]3C[C@@H](CC(Cl)(C3)C1)C2. The highest BCUT2D eigenvalue weighted by Crippen LogP contribution is 2.64. The van der Waals surface area contributed by atoms with Crippen LogP contribution in [0, 0.1) is 17.3 Å². The number of benzene rings is 1. The van der Waals surface area contributed by atoms with E-state index in [9.17, 15) is 4.79 Å². The van der Waals surface area contributed by atoms with Gasteiger partial charge in [-0.25, -0.2) is 4.98 Å². The molecule has 2 atom stereocenters. The Kier molecular flexibility index (Phi) is 3.27. The summed E-state index contributed by atoms with van der Waals surface area (Å²) >= 11 is 8.42. The topological polar surface area (TPSA) is 39.2 Å². The Labute approximate surface area is 150 Å². The van der Waals surface area contributed by atoms with Gasteiger partial charge in [0.25, 0.3) is 0 Å². The van der Waals surface area contributed by atoms with Crippen LogP contribution in [0.4, 0.5) is 0 Å². The van der Waals surface area contributed by atoms with Crippen molar-refractivity contribution in [2.75, 3.05) is 0 Å². The number of fused-ring (bicyclic) bond motifs is 1. The van der Waals surface area contributed by atoms with Crippen LogP contribution >= 0.6 is 22.9 Å². The molecule has 24 heavy (non-hydrogen) atoms. The largest absolute Gasteiger partial charge is 0.458 e. The lowest BCUT2D eigenvalue weighted by molar-refractivity contribution is -0.171. The molecule has 0 aliphatic heterocycles. The van der Waals surface area contributed by atoms with E-state index in [0.717, 1.165) is 47.3 Å². The van der Waals surface area contributed by atoms with Crippen molar-refractivity contribution in [3.8, 4) is 0 Å². The average molecular weight is 362 g/mol. The average Bonchev–Trinajstić information content (AvgIpc) is 2.93. The summed E-state index contributed by atoms with van der Waals surface area (Å²) in [5, 5.41) is 0.870. The van der Waals surface area contributed by atoms with Crippen LogP contribution in [0.1, 0.15) is 43.5 Å². The van der Waals surface area contributed by atoms with E-state index in [1.54, 1.807) is 11.3 Å². The second kappa shape index (κ2) is 5.18. The van der Waals surface area contributed by atoms with Crippen LogP contribution in [0.25, 0.3) is 10.2 Å². The number of hydrogen-bond donors (Lipinski definition) is 0. The number of carbonyl (C=O) groups is 1. The van der Waals surface area contributed by atoms with Crippen molar-refractivity contribution in [2.24, 2.45) is 17.3 Å². The zero-order valence-corrected chi connectivity index (χ0v) is 15.0. The first kappa shape index (κ1) is 15.2. The van der Waals surface area contributed by atoms with Gasteiger partial charge in [-0.05, 0) is 62.5 Å². The van der Waals surface area contributed by atoms with Crippen LogP contribution in [0.2, 0.25) is 0 Å². The molecule has 4 aliphatic carbocycles. The van der Waals surface area contributed by atoms with Crippen molar-refractivity contribution < 1.29 is 9.53 Å². The van der Waals surface area contributed by atoms with Crippen LogP contribution in [0.3, 0.4) is 0 Å². The molecule has 3 nitrogen and oxygen atoms in total. The lowest BCUT2D eigenvalue weighted by Crippen LogP contribution is -2.56. The highest BCUT2D eigenvalue weighted by molar-refractivity contribution is 7.18. The molecule has 4 bridgehead atoms. The number of alkyl halides is 1. The van der Waals surface area contributed by atoms with Crippen LogP contribution in [0.5, 0.6) is 0 Å². The first-order valence-corrected chi connectivity index (χ1v) is 9.94. The highest BCUT2D eigenvalue weighted by atomic mass is 35.5. The zero-order chi connectivity index (χ0) is 16.4. The molecule has 4 aliphatic rings. The Morgan fingerprint density at radius 2 is 2.00 bits per heavy atom. The molecule has 0 saturated heterocycles. The Morgan fingerprint density at radius 1 is 1.25 bits per heavy atom. The summed E-state index contributed by atoms with van der Waals surface area (Å²) in [6.07, 6.45) is 6.15. The number of nitrogens with zero attached hydrogens (tertiary/aromatic N) is 1. The fourth-order valence-corrected chi connectivity index (χ4v) is 7.22. The summed E-state index contributed by atoms with van der Waals surface area (Å²) in [4.78, 5) is 17.3. The number of halogens is 1. The van der Waals surface area contributed by atoms with Gasteiger partial charge < -0.3 is 4.74 Å². The number of rotatable bonds is 3. The number of para-hydroxylation sites is 1. The molecule has 6 rings (SSSR count). The molecule has 5 heteroatoms. The van der Waals surface area contributed by atoms with E-state index in [1.165, 1.54) is 6.42 Å². The van der Waals surface area contributed by atoms with E-state index in [2.05, 4.69) is 11.1 Å². The van der Waals surface area contributed by atoms with Gasteiger partial charge in [-0.15, -0.1) is 22.9 Å². The van der Waals surface area contributed by atoms with Gasteiger partial charge in [-0.1, -0.05) is 12.1 Å². The van der Waals surface area contributed by atoms with E-state index < -0.39 is 0 Å². The summed E-state index contributed by atoms with van der Waals surface area (Å²) in [5.74, 6) is 1.18. The Hall–Kier alpha value is -1.13. The van der Waals surface area contributed by atoms with Crippen molar-refractivity contribution in [1.82, 2.24) is 4.98 Å². The van der Waals surface area contributed by atoms with Crippen molar-refractivity contribution >= 4 is 39.1 Å². The maximum Gasteiger partial charge on any atom is 0.312 e. The smallest absolute Gasteiger partial charge is 0.312 e. The predicted molar refractivity (Wildman–Crippen MR) is 95.1 cm³/mol. The molecular weight excluding hydrogens is 342 g/mol. The van der Waals surface area contributed by atoms with Crippen LogP contribution in [-0.4, -0.2) is 15.8 Å². The summed E-state index contributed by atoms with van der Waals surface area (Å²) in [5.41, 5.74) is 0.644. The first-order valence-electron chi connectivity index (χ1n) is 8.74. The number of carbonyl (C=O) groups excluding carboxylic acids is 1. The van der Waals surface area contributed by atoms with Crippen molar-refractivity contribution in [3.05, 3.63) is 29.3 Å². The van der Waals surface area contributed by atoms with Crippen LogP contribution < -0.4 is 0 Å². The van der Waals surface area contributed by atoms with Crippen molar-refractivity contribution in [3.63, 3.8) is 0 Å². The van der Waals surface area contributed by atoms with Gasteiger partial charge in [0.1, 0.15) is 11.6 Å². The zero-order valence-electron chi connectivity index (χ0n) is 13.5. The standard InChI is InChI=1S/C19H20ClNO2S/c20-19-8-12-5-13(9-19)7-18(6-12,11-19)17(22)23-10-16-21-14-3-1-2-4-15(14)24-16/h1-4,12-13H,5-11H2/t12-,13-,18?,19?/m1/s1. The molecule has 1 aromatic carbocycles. The molecule has 0 radical (unpaired) electrons. The maximum absolute atomic E-state index is 12.9. The van der Waals surface area contributed by atoms with Gasteiger partial charge in [0.15, 0.2) is 0 Å². The fraction of sp³-hybridized carbons (Fsp3) is 0.579. The third-order valence-corrected chi connectivity index (χ3v) is 7.54.